The minimum Gasteiger partial charge on any atom is -0.384 e. The van der Waals surface area contributed by atoms with Crippen molar-refractivity contribution in [3.8, 4) is 0 Å². The first-order valence-electron chi connectivity index (χ1n) is 9.20. The summed E-state index contributed by atoms with van der Waals surface area (Å²) in [6.45, 7) is 11.9. The first-order chi connectivity index (χ1) is 10.1. The minimum absolute atomic E-state index is 0.356. The first kappa shape index (κ1) is 18.3. The molecule has 0 radical (unpaired) electrons. The molecule has 0 spiro atoms. The number of hydrogen-bond donors (Lipinski definition) is 1. The summed E-state index contributed by atoms with van der Waals surface area (Å²) in [5.74, 6) is 0. The fourth-order valence-electron chi connectivity index (χ4n) is 3.20. The zero-order valence-electron chi connectivity index (χ0n) is 14.8. The van der Waals surface area contributed by atoms with E-state index in [4.69, 9.17) is 0 Å². The average Bonchev–Trinajstić information content (AvgIpc) is 2.84. The third-order valence-electron chi connectivity index (χ3n) is 4.74. The van der Waals surface area contributed by atoms with Crippen LogP contribution in [0.4, 0.5) is 0 Å². The monoisotopic (exact) mass is 291 g/mol. The fraction of sp³-hybridized carbons (Fsp3) is 0.800. The maximum absolute atomic E-state index is 4.03. The van der Waals surface area contributed by atoms with Gasteiger partial charge in [0.25, 0.3) is 0 Å². The third kappa shape index (κ3) is 7.74. The Morgan fingerprint density at radius 1 is 1.05 bits per heavy atom. The van der Waals surface area contributed by atoms with Crippen LogP contribution in [0.1, 0.15) is 91.4 Å². The zero-order valence-corrected chi connectivity index (χ0v) is 14.8. The van der Waals surface area contributed by atoms with Crippen molar-refractivity contribution in [2.75, 3.05) is 6.54 Å². The lowest BCUT2D eigenvalue weighted by Crippen LogP contribution is -2.21. The lowest BCUT2D eigenvalue weighted by molar-refractivity contribution is 0.382. The standard InChI is InChI=1S/C20H37N/c1-5-6-7-8-9-10-11-12-13-14-15-20(4)16-19(18(2)3)21-17-20/h16,21H,2,5-15,17H2,1,3-4H3. The molecule has 0 aromatic carbocycles. The highest BCUT2D eigenvalue weighted by Gasteiger charge is 2.27. The van der Waals surface area contributed by atoms with Crippen molar-refractivity contribution in [3.63, 3.8) is 0 Å². The van der Waals surface area contributed by atoms with E-state index in [-0.39, 0.29) is 0 Å². The van der Waals surface area contributed by atoms with Crippen molar-refractivity contribution < 1.29 is 0 Å². The van der Waals surface area contributed by atoms with Crippen LogP contribution < -0.4 is 5.32 Å². The topological polar surface area (TPSA) is 12.0 Å². The molecule has 0 bridgehead atoms. The van der Waals surface area contributed by atoms with E-state index >= 15 is 0 Å². The predicted octanol–water partition coefficient (Wildman–Crippen LogP) is 6.37. The highest BCUT2D eigenvalue weighted by molar-refractivity contribution is 5.30. The Morgan fingerprint density at radius 3 is 2.05 bits per heavy atom. The summed E-state index contributed by atoms with van der Waals surface area (Å²) < 4.78 is 0. The summed E-state index contributed by atoms with van der Waals surface area (Å²) in [5.41, 5.74) is 2.79. The molecular formula is C20H37N. The molecule has 1 atom stereocenters. The molecule has 0 amide bonds. The fourth-order valence-corrected chi connectivity index (χ4v) is 3.20. The van der Waals surface area contributed by atoms with E-state index in [1.54, 1.807) is 0 Å². The molecule has 0 saturated carbocycles. The molecule has 21 heavy (non-hydrogen) atoms. The Morgan fingerprint density at radius 2 is 1.57 bits per heavy atom. The average molecular weight is 292 g/mol. The normalized spacial score (nSPS) is 21.2. The van der Waals surface area contributed by atoms with Crippen molar-refractivity contribution in [1.82, 2.24) is 5.32 Å². The van der Waals surface area contributed by atoms with Crippen LogP contribution in [-0.4, -0.2) is 6.54 Å². The summed E-state index contributed by atoms with van der Waals surface area (Å²) in [4.78, 5) is 0. The Kier molecular flexibility index (Phi) is 8.80. The van der Waals surface area contributed by atoms with Gasteiger partial charge < -0.3 is 5.32 Å². The molecule has 1 heterocycles. The Balaban J connectivity index is 1.98. The third-order valence-corrected chi connectivity index (χ3v) is 4.74. The van der Waals surface area contributed by atoms with Crippen molar-refractivity contribution in [2.45, 2.75) is 91.4 Å². The van der Waals surface area contributed by atoms with E-state index in [1.165, 1.54) is 81.9 Å². The summed E-state index contributed by atoms with van der Waals surface area (Å²) in [6.07, 6.45) is 17.9. The van der Waals surface area contributed by atoms with Gasteiger partial charge in [0.1, 0.15) is 0 Å². The largest absolute Gasteiger partial charge is 0.384 e. The van der Waals surface area contributed by atoms with Gasteiger partial charge in [0.05, 0.1) is 0 Å². The van der Waals surface area contributed by atoms with Gasteiger partial charge in [-0.05, 0) is 18.9 Å². The number of allylic oxidation sites excluding steroid dienone is 1. The minimum atomic E-state index is 0.356. The maximum Gasteiger partial charge on any atom is 0.0329 e. The summed E-state index contributed by atoms with van der Waals surface area (Å²) in [5, 5.41) is 3.49. The van der Waals surface area contributed by atoms with Gasteiger partial charge in [-0.2, -0.15) is 0 Å². The second-order valence-electron chi connectivity index (χ2n) is 7.28. The molecule has 1 unspecified atom stereocenters. The van der Waals surface area contributed by atoms with E-state index in [2.05, 4.69) is 38.7 Å². The van der Waals surface area contributed by atoms with Gasteiger partial charge in [-0.1, -0.05) is 90.7 Å². The van der Waals surface area contributed by atoms with E-state index in [1.807, 2.05) is 0 Å². The summed E-state index contributed by atoms with van der Waals surface area (Å²) in [7, 11) is 0. The van der Waals surface area contributed by atoms with Crippen molar-refractivity contribution in [2.24, 2.45) is 5.41 Å². The van der Waals surface area contributed by atoms with Gasteiger partial charge >= 0.3 is 0 Å². The van der Waals surface area contributed by atoms with Gasteiger partial charge in [0.2, 0.25) is 0 Å². The highest BCUT2D eigenvalue weighted by Crippen LogP contribution is 2.32. The number of rotatable bonds is 12. The summed E-state index contributed by atoms with van der Waals surface area (Å²) >= 11 is 0. The van der Waals surface area contributed by atoms with Crippen molar-refractivity contribution >= 4 is 0 Å². The van der Waals surface area contributed by atoms with Crippen LogP contribution in [0.2, 0.25) is 0 Å². The molecule has 0 aliphatic carbocycles. The molecule has 0 saturated heterocycles. The molecule has 0 aromatic heterocycles. The van der Waals surface area contributed by atoms with E-state index in [0.717, 1.165) is 6.54 Å². The van der Waals surface area contributed by atoms with E-state index < -0.39 is 0 Å². The summed E-state index contributed by atoms with van der Waals surface area (Å²) in [6, 6.07) is 0. The smallest absolute Gasteiger partial charge is 0.0329 e. The molecule has 0 aromatic rings. The van der Waals surface area contributed by atoms with Crippen LogP contribution in [0.5, 0.6) is 0 Å². The molecule has 0 fully saturated rings. The maximum atomic E-state index is 4.03. The van der Waals surface area contributed by atoms with Gasteiger partial charge in [-0.25, -0.2) is 0 Å². The first-order valence-corrected chi connectivity index (χ1v) is 9.20. The van der Waals surface area contributed by atoms with Crippen molar-refractivity contribution in [3.05, 3.63) is 23.9 Å². The second-order valence-corrected chi connectivity index (χ2v) is 7.28. The molecular weight excluding hydrogens is 254 g/mol. The number of unbranched alkanes of at least 4 members (excludes halogenated alkanes) is 9. The molecule has 1 rings (SSSR count). The number of hydrogen-bond acceptors (Lipinski definition) is 1. The second kappa shape index (κ2) is 10.1. The predicted molar refractivity (Wildman–Crippen MR) is 95.5 cm³/mol. The Labute approximate surface area is 133 Å². The van der Waals surface area contributed by atoms with Crippen LogP contribution in [-0.2, 0) is 0 Å². The lowest BCUT2D eigenvalue weighted by atomic mass is 9.85. The quantitative estimate of drug-likeness (QED) is 0.412. The van der Waals surface area contributed by atoms with E-state index in [0.29, 0.717) is 5.41 Å². The zero-order chi connectivity index (χ0) is 15.6. The van der Waals surface area contributed by atoms with Crippen LogP contribution in [0, 0.1) is 5.41 Å². The Bertz CT molecular complexity index is 329. The SMILES string of the molecule is C=C(C)C1=CC(C)(CCCCCCCCCCCC)CN1. The molecule has 1 N–H and O–H groups in total. The van der Waals surface area contributed by atoms with Crippen LogP contribution >= 0.6 is 0 Å². The van der Waals surface area contributed by atoms with Gasteiger partial charge in [0, 0.05) is 17.7 Å². The molecule has 1 heteroatoms. The van der Waals surface area contributed by atoms with Crippen molar-refractivity contribution in [1.29, 1.82) is 0 Å². The van der Waals surface area contributed by atoms with Gasteiger partial charge in [-0.3, -0.25) is 0 Å². The van der Waals surface area contributed by atoms with Crippen LogP contribution in [0.25, 0.3) is 0 Å². The van der Waals surface area contributed by atoms with Crippen LogP contribution in [0.15, 0.2) is 23.9 Å². The van der Waals surface area contributed by atoms with E-state index in [9.17, 15) is 0 Å². The van der Waals surface area contributed by atoms with Gasteiger partial charge in [0.15, 0.2) is 0 Å². The Hall–Kier alpha value is -0.720. The van der Waals surface area contributed by atoms with Crippen LogP contribution in [0.3, 0.4) is 0 Å². The molecule has 122 valence electrons. The highest BCUT2D eigenvalue weighted by atomic mass is 14.9. The number of nitrogens with one attached hydrogen (secondary N) is 1. The lowest BCUT2D eigenvalue weighted by Gasteiger charge is -2.20. The van der Waals surface area contributed by atoms with Gasteiger partial charge in [-0.15, -0.1) is 0 Å². The molecule has 1 nitrogen and oxygen atoms in total. The molecule has 1 aliphatic rings. The molecule has 1 aliphatic heterocycles.